The Balaban J connectivity index is 1.54. The average Bonchev–Trinajstić information content (AvgIpc) is 3.12. The van der Waals surface area contributed by atoms with Crippen LogP contribution in [-0.4, -0.2) is 48.8 Å². The lowest BCUT2D eigenvalue weighted by Gasteiger charge is -2.18. The fraction of sp³-hybridized carbons (Fsp3) is 0.238. The number of nitrogens with one attached hydrogen (secondary N) is 1. The Kier molecular flexibility index (Phi) is 6.68. The molecule has 0 aliphatic carbocycles. The maximum Gasteiger partial charge on any atom is 0.311 e. The van der Waals surface area contributed by atoms with Gasteiger partial charge in [-0.3, -0.25) is 29.6 Å². The van der Waals surface area contributed by atoms with Crippen molar-refractivity contribution >= 4 is 35.2 Å². The fourth-order valence-electron chi connectivity index (χ4n) is 2.94. The van der Waals surface area contributed by atoms with Gasteiger partial charge in [0.1, 0.15) is 5.75 Å². The summed E-state index contributed by atoms with van der Waals surface area (Å²) < 4.78 is 10.1. The van der Waals surface area contributed by atoms with Crippen LogP contribution in [0.3, 0.4) is 0 Å². The van der Waals surface area contributed by atoms with E-state index in [0.29, 0.717) is 11.3 Å². The van der Waals surface area contributed by atoms with Gasteiger partial charge in [0.15, 0.2) is 12.4 Å². The largest absolute Gasteiger partial charge is 0.497 e. The lowest BCUT2D eigenvalue weighted by molar-refractivity contribution is -0.147. The molecule has 2 amide bonds. The Bertz CT molecular complexity index is 993. The first-order valence-corrected chi connectivity index (χ1v) is 9.46. The second kappa shape index (κ2) is 9.41. The molecule has 1 saturated heterocycles. The van der Waals surface area contributed by atoms with E-state index in [9.17, 15) is 19.2 Å². The summed E-state index contributed by atoms with van der Waals surface area (Å²) in [5.41, 5.74) is 3.00. The summed E-state index contributed by atoms with van der Waals surface area (Å²) in [5, 5.41) is 1.30. The number of rotatable bonds is 7. The number of hydrogen-bond acceptors (Lipinski definition) is 6. The Hall–Kier alpha value is -3.39. The first-order chi connectivity index (χ1) is 14.4. The van der Waals surface area contributed by atoms with Crippen molar-refractivity contribution in [2.24, 2.45) is 5.92 Å². The van der Waals surface area contributed by atoms with Crippen molar-refractivity contribution in [3.8, 4) is 5.75 Å². The number of carbonyl (C=O) groups is 4. The van der Waals surface area contributed by atoms with E-state index in [4.69, 9.17) is 21.1 Å². The number of ketones is 1. The molecule has 2 aromatic rings. The van der Waals surface area contributed by atoms with Crippen LogP contribution in [0.15, 0.2) is 48.5 Å². The van der Waals surface area contributed by atoms with Crippen LogP contribution in [0.5, 0.6) is 5.75 Å². The van der Waals surface area contributed by atoms with Crippen LogP contribution < -0.4 is 10.2 Å². The van der Waals surface area contributed by atoms with Crippen molar-refractivity contribution in [3.63, 3.8) is 0 Å². The third-order valence-corrected chi connectivity index (χ3v) is 4.88. The monoisotopic (exact) mass is 430 g/mol. The molecule has 0 unspecified atom stereocenters. The molecule has 0 bridgehead atoms. The number of nitrogens with zero attached hydrogens (tertiary/aromatic N) is 1. The highest BCUT2D eigenvalue weighted by Gasteiger charge is 2.37. The van der Waals surface area contributed by atoms with Gasteiger partial charge in [0.05, 0.1) is 30.2 Å². The molecule has 1 N–H and O–H groups in total. The van der Waals surface area contributed by atoms with Crippen LogP contribution in [0.4, 0.5) is 0 Å². The van der Waals surface area contributed by atoms with Crippen LogP contribution in [0.2, 0.25) is 5.02 Å². The van der Waals surface area contributed by atoms with E-state index in [0.717, 1.165) is 5.01 Å². The topological polar surface area (TPSA) is 102 Å². The maximum absolute atomic E-state index is 12.3. The summed E-state index contributed by atoms with van der Waals surface area (Å²) in [6, 6.07) is 12.9. The molecule has 1 heterocycles. The molecule has 9 heteroatoms. The molecule has 0 aromatic heterocycles. The van der Waals surface area contributed by atoms with E-state index in [-0.39, 0.29) is 23.6 Å². The number of halogens is 1. The fourth-order valence-corrected chi connectivity index (χ4v) is 3.16. The molecule has 30 heavy (non-hydrogen) atoms. The summed E-state index contributed by atoms with van der Waals surface area (Å²) in [6.07, 6.45) is -0.130. The smallest absolute Gasteiger partial charge is 0.311 e. The van der Waals surface area contributed by atoms with Crippen LogP contribution in [-0.2, 0) is 14.3 Å². The Labute approximate surface area is 177 Å². The van der Waals surface area contributed by atoms with Crippen molar-refractivity contribution in [2.45, 2.75) is 6.42 Å². The van der Waals surface area contributed by atoms with E-state index >= 15 is 0 Å². The summed E-state index contributed by atoms with van der Waals surface area (Å²) in [6.45, 7) is -0.510. The standard InChI is InChI=1S/C21H19ClN2O6/c1-29-15-6-4-5-13(9-15)18(25)12-30-21(28)14-10-19(26)24(11-14)23-20(27)16-7-2-3-8-17(16)22/h2-9,14H,10-12H2,1H3,(H,23,27)/t14-/m1/s1. The van der Waals surface area contributed by atoms with E-state index in [2.05, 4.69) is 5.43 Å². The highest BCUT2D eigenvalue weighted by molar-refractivity contribution is 6.33. The second-order valence-corrected chi connectivity index (χ2v) is 7.00. The number of methoxy groups -OCH3 is 1. The van der Waals surface area contributed by atoms with E-state index in [1.54, 1.807) is 42.5 Å². The second-order valence-electron chi connectivity index (χ2n) is 6.59. The number of ether oxygens (including phenoxy) is 2. The Morgan fingerprint density at radius 2 is 1.93 bits per heavy atom. The molecule has 0 saturated carbocycles. The zero-order chi connectivity index (χ0) is 21.7. The molecule has 0 radical (unpaired) electrons. The predicted molar refractivity (Wildman–Crippen MR) is 107 cm³/mol. The minimum atomic E-state index is -0.790. The number of esters is 1. The van der Waals surface area contributed by atoms with Gasteiger partial charge in [-0.15, -0.1) is 0 Å². The Morgan fingerprint density at radius 1 is 1.17 bits per heavy atom. The Morgan fingerprint density at radius 3 is 2.67 bits per heavy atom. The first-order valence-electron chi connectivity index (χ1n) is 9.09. The van der Waals surface area contributed by atoms with Crippen molar-refractivity contribution in [1.82, 2.24) is 10.4 Å². The van der Waals surface area contributed by atoms with Gasteiger partial charge in [0.2, 0.25) is 5.91 Å². The first kappa shape index (κ1) is 21.3. The molecule has 2 aromatic carbocycles. The van der Waals surface area contributed by atoms with Gasteiger partial charge >= 0.3 is 5.97 Å². The highest BCUT2D eigenvalue weighted by Crippen LogP contribution is 2.20. The molecule has 3 rings (SSSR count). The van der Waals surface area contributed by atoms with Gasteiger partial charge in [0.25, 0.3) is 5.91 Å². The van der Waals surface area contributed by atoms with Gasteiger partial charge in [-0.25, -0.2) is 0 Å². The highest BCUT2D eigenvalue weighted by atomic mass is 35.5. The summed E-state index contributed by atoms with van der Waals surface area (Å²) in [7, 11) is 1.48. The SMILES string of the molecule is COc1cccc(C(=O)COC(=O)[C@@H]2CC(=O)N(NC(=O)c3ccccc3Cl)C2)c1. The van der Waals surface area contributed by atoms with Crippen molar-refractivity contribution in [2.75, 3.05) is 20.3 Å². The molecular weight excluding hydrogens is 412 g/mol. The quantitative estimate of drug-likeness (QED) is 0.534. The van der Waals surface area contributed by atoms with E-state index < -0.39 is 36.1 Å². The molecular formula is C21H19ClN2O6. The van der Waals surface area contributed by atoms with Crippen LogP contribution in [0.1, 0.15) is 27.1 Å². The molecule has 1 fully saturated rings. The zero-order valence-corrected chi connectivity index (χ0v) is 16.8. The van der Waals surface area contributed by atoms with Gasteiger partial charge in [-0.1, -0.05) is 35.9 Å². The number of benzene rings is 2. The maximum atomic E-state index is 12.3. The molecule has 1 atom stereocenters. The third-order valence-electron chi connectivity index (χ3n) is 4.55. The minimum absolute atomic E-state index is 0.0544. The van der Waals surface area contributed by atoms with E-state index in [1.807, 2.05) is 0 Å². The number of amides is 2. The zero-order valence-electron chi connectivity index (χ0n) is 16.1. The number of carbonyl (C=O) groups excluding carboxylic acids is 4. The number of hydrogen-bond donors (Lipinski definition) is 1. The molecule has 8 nitrogen and oxygen atoms in total. The van der Waals surface area contributed by atoms with Gasteiger partial charge in [0, 0.05) is 12.0 Å². The molecule has 1 aliphatic heterocycles. The third kappa shape index (κ3) is 4.96. The number of Topliss-reactive ketones (excluding diaryl/α,β-unsaturated/α-hetero) is 1. The number of hydrazine groups is 1. The minimum Gasteiger partial charge on any atom is -0.497 e. The average molecular weight is 431 g/mol. The van der Waals surface area contributed by atoms with Crippen molar-refractivity contribution in [3.05, 3.63) is 64.7 Å². The predicted octanol–water partition coefficient (Wildman–Crippen LogP) is 2.27. The normalized spacial score (nSPS) is 15.6. The summed E-state index contributed by atoms with van der Waals surface area (Å²) in [4.78, 5) is 49.0. The molecule has 156 valence electrons. The lowest BCUT2D eigenvalue weighted by Crippen LogP contribution is -2.43. The summed E-state index contributed by atoms with van der Waals surface area (Å²) in [5.74, 6) is -2.35. The van der Waals surface area contributed by atoms with Gasteiger partial charge in [-0.05, 0) is 24.3 Å². The van der Waals surface area contributed by atoms with E-state index in [1.165, 1.54) is 13.2 Å². The molecule has 1 aliphatic rings. The molecule has 0 spiro atoms. The lowest BCUT2D eigenvalue weighted by atomic mass is 10.1. The van der Waals surface area contributed by atoms with Crippen molar-refractivity contribution in [1.29, 1.82) is 0 Å². The van der Waals surface area contributed by atoms with Gasteiger partial charge < -0.3 is 9.47 Å². The van der Waals surface area contributed by atoms with Crippen LogP contribution in [0, 0.1) is 5.92 Å². The summed E-state index contributed by atoms with van der Waals surface area (Å²) >= 11 is 5.98. The van der Waals surface area contributed by atoms with Crippen molar-refractivity contribution < 1.29 is 28.7 Å². The van der Waals surface area contributed by atoms with Gasteiger partial charge in [-0.2, -0.15) is 0 Å². The van der Waals surface area contributed by atoms with Crippen LogP contribution >= 0.6 is 11.6 Å². The van der Waals surface area contributed by atoms with Crippen LogP contribution in [0.25, 0.3) is 0 Å².